The Kier molecular flexibility index (Phi) is 4.30. The second-order valence-electron chi connectivity index (χ2n) is 5.05. The zero-order valence-electron chi connectivity index (χ0n) is 12.3. The molecule has 1 aromatic heterocycles. The number of carboxylic acid groups (broad SMARTS) is 1. The highest BCUT2D eigenvalue weighted by molar-refractivity contribution is 6.36. The Labute approximate surface area is 143 Å². The molecule has 0 bridgehead atoms. The summed E-state index contributed by atoms with van der Waals surface area (Å²) in [7, 11) is 0. The van der Waals surface area contributed by atoms with Crippen LogP contribution in [0.15, 0.2) is 40.9 Å². The molecule has 0 spiro atoms. The number of nitrogens with zero attached hydrogens (tertiary/aromatic N) is 1. The summed E-state index contributed by atoms with van der Waals surface area (Å²) in [6, 6.07) is 7.54. The Bertz CT molecular complexity index is 952. The lowest BCUT2D eigenvalue weighted by Crippen LogP contribution is -2.09. The molecule has 3 rings (SSSR count). The molecule has 0 fully saturated rings. The van der Waals surface area contributed by atoms with E-state index in [1.54, 1.807) is 0 Å². The van der Waals surface area contributed by atoms with E-state index in [9.17, 15) is 18.0 Å². The summed E-state index contributed by atoms with van der Waals surface area (Å²) >= 11 is 6.10. The van der Waals surface area contributed by atoms with Gasteiger partial charge in [-0.15, -0.1) is 0 Å². The van der Waals surface area contributed by atoms with Crippen molar-refractivity contribution in [2.45, 2.75) is 6.18 Å². The number of fused-ring (bicyclic) bond motifs is 1. The van der Waals surface area contributed by atoms with Crippen LogP contribution in [-0.4, -0.2) is 22.8 Å². The first-order valence-corrected chi connectivity index (χ1v) is 7.25. The van der Waals surface area contributed by atoms with Crippen LogP contribution in [0.4, 0.5) is 13.2 Å². The highest BCUT2D eigenvalue weighted by atomic mass is 35.5. The van der Waals surface area contributed by atoms with E-state index in [1.807, 2.05) is 0 Å². The van der Waals surface area contributed by atoms with Crippen molar-refractivity contribution in [1.82, 2.24) is 5.16 Å². The van der Waals surface area contributed by atoms with Crippen LogP contribution in [0.25, 0.3) is 22.2 Å². The quantitative estimate of drug-likeness (QED) is 0.724. The summed E-state index contributed by atoms with van der Waals surface area (Å²) in [5.74, 6) is -1.11. The molecule has 0 unspecified atom stereocenters. The van der Waals surface area contributed by atoms with Crippen molar-refractivity contribution in [3.8, 4) is 17.0 Å². The van der Waals surface area contributed by atoms with E-state index in [2.05, 4.69) is 5.16 Å². The van der Waals surface area contributed by atoms with Crippen molar-refractivity contribution < 1.29 is 32.3 Å². The summed E-state index contributed by atoms with van der Waals surface area (Å²) in [4.78, 5) is 10.6. The van der Waals surface area contributed by atoms with Gasteiger partial charge in [0.15, 0.2) is 12.2 Å². The van der Waals surface area contributed by atoms with E-state index >= 15 is 0 Å². The van der Waals surface area contributed by atoms with E-state index in [1.165, 1.54) is 24.3 Å². The fraction of sp³-hybridized carbons (Fsp3) is 0.125. The minimum atomic E-state index is -4.48. The standard InChI is InChI=1S/C16H9ClF3NO4/c17-13-11(24-7-12(22)23)5-4-10-14(21-25-15(10)13)8-2-1-3-9(6-8)16(18,19)20/h1-6H,7H2,(H,22,23). The number of rotatable bonds is 4. The second kappa shape index (κ2) is 6.29. The first kappa shape index (κ1) is 17.1. The number of hydrogen-bond acceptors (Lipinski definition) is 4. The summed E-state index contributed by atoms with van der Waals surface area (Å²) in [5, 5.41) is 12.8. The maximum Gasteiger partial charge on any atom is 0.416 e. The van der Waals surface area contributed by atoms with Crippen LogP contribution < -0.4 is 4.74 Å². The van der Waals surface area contributed by atoms with E-state index in [0.717, 1.165) is 12.1 Å². The first-order chi connectivity index (χ1) is 11.8. The summed E-state index contributed by atoms with van der Waals surface area (Å²) < 4.78 is 48.7. The molecule has 3 aromatic rings. The molecule has 0 aliphatic rings. The molecule has 2 aromatic carbocycles. The number of hydrogen-bond donors (Lipinski definition) is 1. The Morgan fingerprint density at radius 2 is 2.04 bits per heavy atom. The molecule has 0 saturated carbocycles. The van der Waals surface area contributed by atoms with Gasteiger partial charge in [-0.1, -0.05) is 28.9 Å². The molecule has 0 amide bonds. The van der Waals surface area contributed by atoms with Gasteiger partial charge in [0.2, 0.25) is 0 Å². The smallest absolute Gasteiger partial charge is 0.416 e. The normalized spacial score (nSPS) is 11.7. The summed E-state index contributed by atoms with van der Waals surface area (Å²) in [6.45, 7) is -0.597. The van der Waals surface area contributed by atoms with Crippen LogP contribution in [0.3, 0.4) is 0 Å². The fourth-order valence-electron chi connectivity index (χ4n) is 2.26. The van der Waals surface area contributed by atoms with Crippen LogP contribution >= 0.6 is 11.6 Å². The number of benzene rings is 2. The van der Waals surface area contributed by atoms with Crippen molar-refractivity contribution >= 4 is 28.5 Å². The zero-order valence-corrected chi connectivity index (χ0v) is 13.1. The van der Waals surface area contributed by atoms with Gasteiger partial charge in [0, 0.05) is 5.56 Å². The average Bonchev–Trinajstić information content (AvgIpc) is 2.98. The first-order valence-electron chi connectivity index (χ1n) is 6.87. The lowest BCUT2D eigenvalue weighted by atomic mass is 10.0. The average molecular weight is 372 g/mol. The Morgan fingerprint density at radius 1 is 1.28 bits per heavy atom. The third-order valence-corrected chi connectivity index (χ3v) is 3.72. The molecule has 0 aliphatic heterocycles. The van der Waals surface area contributed by atoms with Gasteiger partial charge in [-0.3, -0.25) is 0 Å². The van der Waals surface area contributed by atoms with Crippen LogP contribution in [0.2, 0.25) is 5.02 Å². The van der Waals surface area contributed by atoms with Gasteiger partial charge in [-0.2, -0.15) is 13.2 Å². The largest absolute Gasteiger partial charge is 0.480 e. The number of aliphatic carboxylic acids is 1. The van der Waals surface area contributed by atoms with Crippen LogP contribution in [-0.2, 0) is 11.0 Å². The molecule has 0 aliphatic carbocycles. The Morgan fingerprint density at radius 3 is 2.72 bits per heavy atom. The molecule has 5 nitrogen and oxygen atoms in total. The van der Waals surface area contributed by atoms with Gasteiger partial charge in [-0.05, 0) is 24.3 Å². The zero-order chi connectivity index (χ0) is 18.2. The SMILES string of the molecule is O=C(O)COc1ccc2c(-c3cccc(C(F)(F)F)c3)noc2c1Cl. The molecule has 1 N–H and O–H groups in total. The molecule has 130 valence electrons. The lowest BCUT2D eigenvalue weighted by molar-refractivity contribution is -0.139. The minimum Gasteiger partial charge on any atom is -0.480 e. The number of ether oxygens (including phenoxy) is 1. The van der Waals surface area contributed by atoms with Crippen molar-refractivity contribution in [3.63, 3.8) is 0 Å². The number of halogens is 4. The third kappa shape index (κ3) is 3.39. The fourth-order valence-corrected chi connectivity index (χ4v) is 2.51. The van der Waals surface area contributed by atoms with E-state index in [-0.39, 0.29) is 27.6 Å². The molecule has 9 heteroatoms. The molecular weight excluding hydrogens is 363 g/mol. The van der Waals surface area contributed by atoms with Gasteiger partial charge in [-0.25, -0.2) is 4.79 Å². The van der Waals surface area contributed by atoms with Crippen LogP contribution in [0, 0.1) is 0 Å². The molecule has 25 heavy (non-hydrogen) atoms. The van der Waals surface area contributed by atoms with Crippen molar-refractivity contribution in [2.75, 3.05) is 6.61 Å². The Hall–Kier alpha value is -2.74. The van der Waals surface area contributed by atoms with E-state index < -0.39 is 24.3 Å². The lowest BCUT2D eigenvalue weighted by Gasteiger charge is -2.07. The Balaban J connectivity index is 2.05. The highest BCUT2D eigenvalue weighted by Gasteiger charge is 2.31. The monoisotopic (exact) mass is 371 g/mol. The van der Waals surface area contributed by atoms with Gasteiger partial charge >= 0.3 is 12.1 Å². The molecule has 0 atom stereocenters. The van der Waals surface area contributed by atoms with Crippen molar-refractivity contribution in [2.24, 2.45) is 0 Å². The van der Waals surface area contributed by atoms with Gasteiger partial charge in [0.05, 0.1) is 10.9 Å². The minimum absolute atomic E-state index is 0.00974. The van der Waals surface area contributed by atoms with Gasteiger partial charge < -0.3 is 14.4 Å². The molecule has 1 heterocycles. The second-order valence-corrected chi connectivity index (χ2v) is 5.42. The van der Waals surface area contributed by atoms with Gasteiger partial charge in [0.25, 0.3) is 0 Å². The third-order valence-electron chi connectivity index (χ3n) is 3.36. The predicted octanol–water partition coefficient (Wildman–Crippen LogP) is 4.63. The number of alkyl halides is 3. The molecular formula is C16H9ClF3NO4. The topological polar surface area (TPSA) is 72.6 Å². The maximum absolute atomic E-state index is 12.9. The number of aromatic nitrogens is 1. The van der Waals surface area contributed by atoms with Crippen molar-refractivity contribution in [3.05, 3.63) is 47.0 Å². The van der Waals surface area contributed by atoms with E-state index in [4.69, 9.17) is 26.0 Å². The molecule has 0 saturated heterocycles. The number of carboxylic acids is 1. The van der Waals surface area contributed by atoms with Crippen molar-refractivity contribution in [1.29, 1.82) is 0 Å². The van der Waals surface area contributed by atoms with Crippen LogP contribution in [0.1, 0.15) is 5.56 Å². The molecule has 0 radical (unpaired) electrons. The number of carbonyl (C=O) groups is 1. The highest BCUT2D eigenvalue weighted by Crippen LogP contribution is 2.39. The maximum atomic E-state index is 12.9. The summed E-state index contributed by atoms with van der Waals surface area (Å²) in [6.07, 6.45) is -4.48. The summed E-state index contributed by atoms with van der Waals surface area (Å²) in [5.41, 5.74) is -0.317. The predicted molar refractivity (Wildman–Crippen MR) is 82.6 cm³/mol. The van der Waals surface area contributed by atoms with Gasteiger partial charge in [0.1, 0.15) is 16.5 Å². The van der Waals surface area contributed by atoms with Crippen LogP contribution in [0.5, 0.6) is 5.75 Å². The van der Waals surface area contributed by atoms with E-state index in [0.29, 0.717) is 5.39 Å².